The van der Waals surface area contributed by atoms with Gasteiger partial charge in [0.25, 0.3) is 5.91 Å². The molecule has 2 saturated carbocycles. The normalized spacial score (nSPS) is 21.4. The molecule has 2 fully saturated rings. The lowest BCUT2D eigenvalue weighted by Gasteiger charge is -2.10. The van der Waals surface area contributed by atoms with Gasteiger partial charge in [0.2, 0.25) is 0 Å². The molecule has 4 aromatic rings. The van der Waals surface area contributed by atoms with Crippen molar-refractivity contribution in [2.75, 3.05) is 10.6 Å². The third-order valence-electron chi connectivity index (χ3n) is 6.45. The van der Waals surface area contributed by atoms with Gasteiger partial charge in [0.1, 0.15) is 23.6 Å². The molecule has 0 aliphatic heterocycles. The molecule has 6 rings (SSSR count). The molecule has 1 amide bonds. The minimum atomic E-state index is -1.97. The molecule has 2 aliphatic carbocycles. The number of carbonyl (C=O) groups excluding carboxylic acids is 1. The van der Waals surface area contributed by atoms with Gasteiger partial charge in [0.05, 0.1) is 12.2 Å². The number of pyridine rings is 1. The monoisotopic (exact) mass is 476 g/mol. The largest absolute Gasteiger partial charge is 0.364 e. The van der Waals surface area contributed by atoms with Crippen molar-refractivity contribution in [2.45, 2.75) is 43.3 Å². The van der Waals surface area contributed by atoms with E-state index in [4.69, 9.17) is 11.6 Å². The molecule has 172 valence electrons. The topological polar surface area (TPSA) is 84.2 Å². The number of fused-ring (bicyclic) bond motifs is 1. The van der Waals surface area contributed by atoms with Crippen molar-refractivity contribution in [2.24, 2.45) is 0 Å². The van der Waals surface area contributed by atoms with Crippen LogP contribution in [-0.2, 0) is 11.3 Å². The Morgan fingerprint density at radius 3 is 2.79 bits per heavy atom. The average molecular weight is 477 g/mol. The number of amides is 1. The van der Waals surface area contributed by atoms with Crippen LogP contribution in [0.5, 0.6) is 0 Å². The van der Waals surface area contributed by atoms with E-state index in [0.29, 0.717) is 28.9 Å². The van der Waals surface area contributed by atoms with Gasteiger partial charge in [-0.2, -0.15) is 0 Å². The minimum absolute atomic E-state index is 0.117. The van der Waals surface area contributed by atoms with Gasteiger partial charge in [0, 0.05) is 35.8 Å². The molecule has 2 atom stereocenters. The highest BCUT2D eigenvalue weighted by atomic mass is 35.5. The molecule has 1 aromatic carbocycles. The maximum absolute atomic E-state index is 15.2. The first-order valence-electron chi connectivity index (χ1n) is 11.3. The Bertz CT molecular complexity index is 1400. The Hall–Kier alpha value is -3.52. The van der Waals surface area contributed by atoms with E-state index in [1.165, 1.54) is 24.7 Å². The fourth-order valence-electron chi connectivity index (χ4n) is 4.32. The summed E-state index contributed by atoms with van der Waals surface area (Å²) in [6.07, 6.45) is 8.09. The molecule has 2 aliphatic rings. The van der Waals surface area contributed by atoms with Crippen molar-refractivity contribution in [3.05, 3.63) is 83.0 Å². The molecule has 9 heteroatoms. The SMILES string of the molecule is O=C(Nc1cc(NCc2cn3cc(C4CC4)ccc3n2)ncn1)[C@]1(F)C[C@H]1c1cccc(Cl)c1. The van der Waals surface area contributed by atoms with E-state index in [9.17, 15) is 4.79 Å². The van der Waals surface area contributed by atoms with Crippen molar-refractivity contribution in [1.29, 1.82) is 0 Å². The van der Waals surface area contributed by atoms with Crippen LogP contribution in [0.4, 0.5) is 16.0 Å². The molecular weight excluding hydrogens is 455 g/mol. The third-order valence-corrected chi connectivity index (χ3v) is 6.69. The van der Waals surface area contributed by atoms with E-state index in [-0.39, 0.29) is 12.2 Å². The van der Waals surface area contributed by atoms with Crippen LogP contribution >= 0.6 is 11.6 Å². The van der Waals surface area contributed by atoms with Crippen molar-refractivity contribution in [3.8, 4) is 0 Å². The van der Waals surface area contributed by atoms with Crippen LogP contribution in [0.2, 0.25) is 5.02 Å². The second kappa shape index (κ2) is 8.06. The Balaban J connectivity index is 1.10. The summed E-state index contributed by atoms with van der Waals surface area (Å²) in [5.74, 6) is 0.203. The van der Waals surface area contributed by atoms with Gasteiger partial charge in [0.15, 0.2) is 5.67 Å². The summed E-state index contributed by atoms with van der Waals surface area (Å²) < 4.78 is 17.2. The summed E-state index contributed by atoms with van der Waals surface area (Å²) in [6, 6.07) is 12.7. The van der Waals surface area contributed by atoms with Crippen LogP contribution in [-0.4, -0.2) is 30.9 Å². The summed E-state index contributed by atoms with van der Waals surface area (Å²) in [5, 5.41) is 6.30. The lowest BCUT2D eigenvalue weighted by molar-refractivity contribution is -0.122. The van der Waals surface area contributed by atoms with E-state index < -0.39 is 17.5 Å². The van der Waals surface area contributed by atoms with Gasteiger partial charge in [-0.05, 0) is 48.1 Å². The highest BCUT2D eigenvalue weighted by molar-refractivity contribution is 6.30. The number of nitrogens with zero attached hydrogens (tertiary/aromatic N) is 4. The first-order valence-corrected chi connectivity index (χ1v) is 11.6. The molecule has 3 aromatic heterocycles. The highest BCUT2D eigenvalue weighted by Crippen LogP contribution is 2.55. The number of hydrogen-bond acceptors (Lipinski definition) is 5. The molecule has 0 radical (unpaired) electrons. The maximum Gasteiger partial charge on any atom is 0.263 e. The summed E-state index contributed by atoms with van der Waals surface area (Å²) in [5.41, 5.74) is 1.84. The number of carbonyl (C=O) groups is 1. The number of halogens is 2. The van der Waals surface area contributed by atoms with Gasteiger partial charge in [-0.15, -0.1) is 0 Å². The molecule has 7 nitrogen and oxygen atoms in total. The summed E-state index contributed by atoms with van der Waals surface area (Å²) in [4.78, 5) is 25.5. The van der Waals surface area contributed by atoms with Crippen molar-refractivity contribution in [1.82, 2.24) is 19.4 Å². The fraction of sp³-hybridized carbons (Fsp3) is 0.280. The highest BCUT2D eigenvalue weighted by Gasteiger charge is 2.62. The van der Waals surface area contributed by atoms with Crippen LogP contribution in [0.25, 0.3) is 5.65 Å². The molecule has 0 bridgehead atoms. The zero-order valence-electron chi connectivity index (χ0n) is 18.2. The van der Waals surface area contributed by atoms with Crippen LogP contribution in [0.3, 0.4) is 0 Å². The van der Waals surface area contributed by atoms with Crippen LogP contribution < -0.4 is 10.6 Å². The summed E-state index contributed by atoms with van der Waals surface area (Å²) in [7, 11) is 0. The summed E-state index contributed by atoms with van der Waals surface area (Å²) in [6.45, 7) is 0.453. The maximum atomic E-state index is 15.2. The zero-order chi connectivity index (χ0) is 23.3. The van der Waals surface area contributed by atoms with E-state index >= 15 is 4.39 Å². The van der Waals surface area contributed by atoms with Crippen molar-refractivity contribution < 1.29 is 9.18 Å². The quantitative estimate of drug-likeness (QED) is 0.387. The summed E-state index contributed by atoms with van der Waals surface area (Å²) >= 11 is 6.00. The lowest BCUT2D eigenvalue weighted by Crippen LogP contribution is -2.27. The average Bonchev–Trinajstić information content (AvgIpc) is 3.75. The molecule has 34 heavy (non-hydrogen) atoms. The van der Waals surface area contributed by atoms with Crippen molar-refractivity contribution in [3.63, 3.8) is 0 Å². The standard InChI is InChI=1S/C25H22ClFN6O/c26-18-3-1-2-16(8-18)20-10-25(20,27)24(34)32-22-9-21(29-14-30-22)28-11-19-13-33-12-17(15-4-5-15)6-7-23(33)31-19/h1-3,6-9,12-15,20H,4-5,10-11H2,(H2,28,29,30,32,34)/t20-,25-/m0/s1. The number of rotatable bonds is 7. The number of aromatic nitrogens is 4. The molecule has 0 spiro atoms. The molecular formula is C25H22ClFN6O. The second-order valence-corrected chi connectivity index (χ2v) is 9.44. The third kappa shape index (κ3) is 4.09. The molecule has 0 unspecified atom stereocenters. The number of anilines is 2. The molecule has 2 N–H and O–H groups in total. The van der Waals surface area contributed by atoms with Gasteiger partial charge in [-0.3, -0.25) is 4.79 Å². The predicted molar refractivity (Wildman–Crippen MR) is 128 cm³/mol. The lowest BCUT2D eigenvalue weighted by atomic mass is 10.1. The molecule has 0 saturated heterocycles. The smallest absolute Gasteiger partial charge is 0.263 e. The first kappa shape index (κ1) is 21.0. The van der Waals surface area contributed by atoms with Crippen LogP contribution in [0, 0.1) is 0 Å². The van der Waals surface area contributed by atoms with E-state index in [1.807, 2.05) is 16.7 Å². The zero-order valence-corrected chi connectivity index (χ0v) is 19.0. The van der Waals surface area contributed by atoms with E-state index in [2.05, 4.69) is 37.8 Å². The van der Waals surface area contributed by atoms with E-state index in [1.54, 1.807) is 30.3 Å². The number of benzene rings is 1. The first-order chi connectivity index (χ1) is 16.5. The van der Waals surface area contributed by atoms with Crippen LogP contribution in [0.15, 0.2) is 61.2 Å². The Labute approximate surface area is 200 Å². The predicted octanol–water partition coefficient (Wildman–Crippen LogP) is 5.10. The Morgan fingerprint density at radius 2 is 1.97 bits per heavy atom. The molecule has 3 heterocycles. The number of hydrogen-bond donors (Lipinski definition) is 2. The second-order valence-electron chi connectivity index (χ2n) is 9.00. The Morgan fingerprint density at radius 1 is 1.12 bits per heavy atom. The number of imidazole rings is 1. The number of nitrogens with one attached hydrogen (secondary N) is 2. The van der Waals surface area contributed by atoms with Gasteiger partial charge in [-0.25, -0.2) is 19.3 Å². The van der Waals surface area contributed by atoms with E-state index in [0.717, 1.165) is 11.3 Å². The van der Waals surface area contributed by atoms with Gasteiger partial charge in [-0.1, -0.05) is 29.8 Å². The minimum Gasteiger partial charge on any atom is -0.364 e. The van der Waals surface area contributed by atoms with Crippen molar-refractivity contribution >= 4 is 34.8 Å². The van der Waals surface area contributed by atoms with Gasteiger partial charge >= 0.3 is 0 Å². The fourth-order valence-corrected chi connectivity index (χ4v) is 4.52. The van der Waals surface area contributed by atoms with Gasteiger partial charge < -0.3 is 15.0 Å². The van der Waals surface area contributed by atoms with Crippen LogP contribution in [0.1, 0.15) is 47.9 Å². The number of alkyl halides is 1. The Kier molecular flexibility index (Phi) is 4.99.